The van der Waals surface area contributed by atoms with Gasteiger partial charge >= 0.3 is 11.9 Å². The molecule has 2 aliphatic heterocycles. The summed E-state index contributed by atoms with van der Waals surface area (Å²) in [6.07, 6.45) is -1.88. The topological polar surface area (TPSA) is 121 Å². The van der Waals surface area contributed by atoms with E-state index < -0.39 is 76.2 Å². The lowest BCUT2D eigenvalue weighted by molar-refractivity contribution is -0.356. The highest BCUT2D eigenvalue weighted by Gasteiger charge is 2.78. The van der Waals surface area contributed by atoms with E-state index in [0.29, 0.717) is 12.0 Å². The lowest BCUT2D eigenvalue weighted by Gasteiger charge is -2.69. The number of ether oxygens (including phenoxy) is 5. The number of carbonyl (C=O) groups is 2. The molecule has 0 amide bonds. The van der Waals surface area contributed by atoms with Crippen molar-refractivity contribution in [1.82, 2.24) is 0 Å². The van der Waals surface area contributed by atoms with Gasteiger partial charge < -0.3 is 33.9 Å². The Kier molecular flexibility index (Phi) is 7.46. The maximum absolute atomic E-state index is 14.0. The lowest BCUT2D eigenvalue weighted by atomic mass is 9.43. The molecule has 2 saturated heterocycles. The third-order valence-electron chi connectivity index (χ3n) is 11.9. The van der Waals surface area contributed by atoms with Gasteiger partial charge in [-0.2, -0.15) is 0 Å². The number of aliphatic hydroxyl groups is 2. The van der Waals surface area contributed by atoms with Gasteiger partial charge in [0.1, 0.15) is 23.9 Å². The highest BCUT2D eigenvalue weighted by molar-refractivity contribution is 5.89. The predicted molar refractivity (Wildman–Crippen MR) is 160 cm³/mol. The Morgan fingerprint density at radius 1 is 1.07 bits per heavy atom. The van der Waals surface area contributed by atoms with E-state index in [-0.39, 0.29) is 25.4 Å². The predicted octanol–water partition coefficient (Wildman–Crippen LogP) is 4.73. The lowest BCUT2D eigenvalue weighted by Crippen LogP contribution is -2.80. The molecule has 2 saturated carbocycles. The van der Waals surface area contributed by atoms with Crippen molar-refractivity contribution in [2.45, 2.75) is 129 Å². The minimum absolute atomic E-state index is 0.0258. The van der Waals surface area contributed by atoms with Crippen molar-refractivity contribution in [2.75, 3.05) is 6.61 Å². The third kappa shape index (κ3) is 4.29. The van der Waals surface area contributed by atoms with Gasteiger partial charge in [0.15, 0.2) is 11.4 Å². The van der Waals surface area contributed by atoms with Crippen LogP contribution < -0.4 is 0 Å². The van der Waals surface area contributed by atoms with E-state index in [4.69, 9.17) is 23.7 Å². The number of fused-ring (bicyclic) bond motifs is 8. The highest BCUT2D eigenvalue weighted by atomic mass is 16.8. The van der Waals surface area contributed by atoms with Crippen LogP contribution in [0.25, 0.3) is 0 Å². The summed E-state index contributed by atoms with van der Waals surface area (Å²) in [5.41, 5.74) is -2.89. The number of carbonyl (C=O) groups excluding carboxylic acids is 2. The maximum atomic E-state index is 14.0. The van der Waals surface area contributed by atoms with Crippen molar-refractivity contribution in [3.05, 3.63) is 47.0 Å². The largest absolute Gasteiger partial charge is 0.455 e. The van der Waals surface area contributed by atoms with Crippen LogP contribution in [-0.4, -0.2) is 76.3 Å². The molecule has 10 atom stereocenters. The summed E-state index contributed by atoms with van der Waals surface area (Å²) in [5, 5.41) is 24.8. The average Bonchev–Trinajstić information content (AvgIpc) is 3.24. The quantitative estimate of drug-likeness (QED) is 0.367. The zero-order chi connectivity index (χ0) is 32.0. The smallest absolute Gasteiger partial charge is 0.338 e. The first-order valence-corrected chi connectivity index (χ1v) is 16.1. The molecule has 2 N–H and O–H groups in total. The van der Waals surface area contributed by atoms with Crippen LogP contribution in [0.5, 0.6) is 0 Å². The van der Waals surface area contributed by atoms with Crippen LogP contribution >= 0.6 is 0 Å². The van der Waals surface area contributed by atoms with E-state index in [2.05, 4.69) is 13.8 Å². The molecule has 2 bridgehead atoms. The first kappa shape index (κ1) is 31.7. The number of hydrogen-bond donors (Lipinski definition) is 2. The summed E-state index contributed by atoms with van der Waals surface area (Å²) < 4.78 is 32.7. The minimum atomic E-state index is -1.69. The molecule has 0 aromatic heterocycles. The number of aliphatic hydroxyl groups excluding tert-OH is 1. The third-order valence-corrected chi connectivity index (χ3v) is 11.9. The Morgan fingerprint density at radius 2 is 1.75 bits per heavy atom. The Bertz CT molecular complexity index is 1350. The first-order valence-electron chi connectivity index (χ1n) is 16.1. The Balaban J connectivity index is 1.68. The van der Waals surface area contributed by atoms with Gasteiger partial charge in [-0.3, -0.25) is 4.79 Å². The zero-order valence-electron chi connectivity index (χ0n) is 27.2. The summed E-state index contributed by atoms with van der Waals surface area (Å²) in [4.78, 5) is 26.9. The normalized spacial score (nSPS) is 43.6. The van der Waals surface area contributed by atoms with Crippen LogP contribution in [0.1, 0.15) is 91.4 Å². The second-order valence-corrected chi connectivity index (χ2v) is 14.9. The molecule has 1 aromatic carbocycles. The first-order chi connectivity index (χ1) is 20.5. The molecular formula is C35H48O9. The van der Waals surface area contributed by atoms with E-state index in [1.165, 1.54) is 6.92 Å². The summed E-state index contributed by atoms with van der Waals surface area (Å²) in [7, 11) is 0. The number of hydrogen-bond acceptors (Lipinski definition) is 9. The molecule has 0 radical (unpaired) electrons. The zero-order valence-corrected chi connectivity index (χ0v) is 27.2. The van der Waals surface area contributed by atoms with Crippen molar-refractivity contribution in [3.63, 3.8) is 0 Å². The SMILES string of the molecule is CC[C@H]1C[C@H]2OC[C@@]2(OC(C)=O)[C@H]2[C@H](OC(=O)c3ccccc3)[C@]3(O)CC[C@H](O)C(C)=C([C@H]4OC(C)(C)O[C@H]4[C@]12C)C3(C)C. The van der Waals surface area contributed by atoms with Crippen molar-refractivity contribution >= 4 is 11.9 Å². The second kappa shape index (κ2) is 10.4. The van der Waals surface area contributed by atoms with Gasteiger partial charge in [0, 0.05) is 17.8 Å². The van der Waals surface area contributed by atoms with Crippen LogP contribution in [0.3, 0.4) is 0 Å². The second-order valence-electron chi connectivity index (χ2n) is 14.9. The van der Waals surface area contributed by atoms with Gasteiger partial charge in [-0.15, -0.1) is 0 Å². The Morgan fingerprint density at radius 3 is 2.34 bits per heavy atom. The number of benzene rings is 1. The van der Waals surface area contributed by atoms with E-state index in [9.17, 15) is 19.8 Å². The summed E-state index contributed by atoms with van der Waals surface area (Å²) in [6, 6.07) is 8.73. The molecule has 44 heavy (non-hydrogen) atoms. The summed E-state index contributed by atoms with van der Waals surface area (Å²) in [5.74, 6) is -2.78. The molecule has 0 unspecified atom stereocenters. The van der Waals surface area contributed by atoms with E-state index in [0.717, 1.165) is 17.6 Å². The number of esters is 2. The molecule has 9 nitrogen and oxygen atoms in total. The molecule has 6 rings (SSSR count). The molecular weight excluding hydrogens is 564 g/mol. The molecule has 0 spiro atoms. The monoisotopic (exact) mass is 612 g/mol. The Hall–Kier alpha value is -2.30. The van der Waals surface area contributed by atoms with Gasteiger partial charge in [0.2, 0.25) is 0 Å². The van der Waals surface area contributed by atoms with Gasteiger partial charge in [0.25, 0.3) is 0 Å². The Labute approximate surface area is 260 Å². The van der Waals surface area contributed by atoms with Crippen LogP contribution in [0.15, 0.2) is 41.5 Å². The van der Waals surface area contributed by atoms with Crippen LogP contribution in [0.4, 0.5) is 0 Å². The van der Waals surface area contributed by atoms with Gasteiger partial charge in [-0.05, 0) is 69.2 Å². The average molecular weight is 613 g/mol. The fourth-order valence-electron chi connectivity index (χ4n) is 9.73. The fraction of sp³-hybridized carbons (Fsp3) is 0.714. The standard InChI is InChI=1S/C35H48O9/c1-9-22-17-24-34(18-40-24,42-20(3)36)27-29(41-30(38)21-13-11-10-12-14-21)35(39)16-15-23(37)19(2)25(31(35,4)5)26-28(33(22,27)8)44-32(6,7)43-26/h10-14,22-24,26-29,37,39H,9,15-18H2,1-8H3/t22-,23-,24+,26+,27-,28+,29-,33+,34-,35+/m0/s1. The van der Waals surface area contributed by atoms with Crippen LogP contribution in [-0.2, 0) is 28.5 Å². The molecule has 4 fully saturated rings. The van der Waals surface area contributed by atoms with Gasteiger partial charge in [0.05, 0.1) is 30.3 Å². The van der Waals surface area contributed by atoms with Crippen LogP contribution in [0.2, 0.25) is 0 Å². The summed E-state index contributed by atoms with van der Waals surface area (Å²) >= 11 is 0. The van der Waals surface area contributed by atoms with Crippen molar-refractivity contribution in [1.29, 1.82) is 0 Å². The molecule has 242 valence electrons. The van der Waals surface area contributed by atoms with E-state index in [1.54, 1.807) is 24.3 Å². The molecule has 1 aromatic rings. The molecule has 9 heteroatoms. The van der Waals surface area contributed by atoms with Gasteiger partial charge in [-0.25, -0.2) is 4.79 Å². The molecule has 2 heterocycles. The van der Waals surface area contributed by atoms with E-state index >= 15 is 0 Å². The highest BCUT2D eigenvalue weighted by Crippen LogP contribution is 2.68. The fourth-order valence-corrected chi connectivity index (χ4v) is 9.73. The maximum Gasteiger partial charge on any atom is 0.338 e. The van der Waals surface area contributed by atoms with Gasteiger partial charge in [-0.1, -0.05) is 52.3 Å². The summed E-state index contributed by atoms with van der Waals surface area (Å²) in [6.45, 7) is 15.3. The van der Waals surface area contributed by atoms with E-state index in [1.807, 2.05) is 40.7 Å². The minimum Gasteiger partial charge on any atom is -0.455 e. The molecule has 5 aliphatic rings. The number of rotatable bonds is 4. The van der Waals surface area contributed by atoms with Crippen molar-refractivity contribution < 1.29 is 43.5 Å². The van der Waals surface area contributed by atoms with Crippen LogP contribution in [0, 0.1) is 22.7 Å². The van der Waals surface area contributed by atoms with Crippen molar-refractivity contribution in [2.24, 2.45) is 22.7 Å². The van der Waals surface area contributed by atoms with Crippen molar-refractivity contribution in [3.8, 4) is 0 Å². The molecule has 3 aliphatic carbocycles.